The lowest BCUT2D eigenvalue weighted by Gasteiger charge is -2.24. The summed E-state index contributed by atoms with van der Waals surface area (Å²) in [5.74, 6) is -1.21. The number of hydrogen-bond donors (Lipinski definition) is 3. The van der Waals surface area contributed by atoms with Crippen LogP contribution in [0, 0.1) is 5.92 Å². The van der Waals surface area contributed by atoms with Gasteiger partial charge in [0.1, 0.15) is 0 Å². The fraction of sp³-hybridized carbons (Fsp3) is 0.308. The third-order valence-electron chi connectivity index (χ3n) is 3.61. The predicted molar refractivity (Wildman–Crippen MR) is 69.7 cm³/mol. The van der Waals surface area contributed by atoms with E-state index in [0.29, 0.717) is 17.9 Å². The van der Waals surface area contributed by atoms with Gasteiger partial charge in [0, 0.05) is 23.5 Å². The first-order chi connectivity index (χ1) is 8.58. The Balaban J connectivity index is 2.19. The highest BCUT2D eigenvalue weighted by Crippen LogP contribution is 2.38. The number of carboxylic acid groups (broad SMARTS) is 1. The van der Waals surface area contributed by atoms with E-state index in [2.05, 4.69) is 4.98 Å². The van der Waals surface area contributed by atoms with Crippen LogP contribution >= 0.6 is 11.6 Å². The van der Waals surface area contributed by atoms with Gasteiger partial charge in [0.2, 0.25) is 0 Å². The minimum atomic E-state index is -0.791. The summed E-state index contributed by atoms with van der Waals surface area (Å²) in [6.45, 7) is 0. The van der Waals surface area contributed by atoms with E-state index in [1.54, 1.807) is 0 Å². The summed E-state index contributed by atoms with van der Waals surface area (Å²) in [4.78, 5) is 14.3. The standard InChI is InChI=1S/C13H13ClN2O2/c14-8-3-1-2-7-11-9(15)4-6(13(17)18)5-10(11)16-12(7)8/h1-3,6,9,16H,4-5,15H2,(H,17,18). The molecule has 0 spiro atoms. The second-order valence-corrected chi connectivity index (χ2v) is 5.17. The van der Waals surface area contributed by atoms with Gasteiger partial charge < -0.3 is 15.8 Å². The van der Waals surface area contributed by atoms with E-state index in [9.17, 15) is 4.79 Å². The molecule has 0 saturated carbocycles. The molecule has 1 aromatic heterocycles. The minimum absolute atomic E-state index is 0.248. The van der Waals surface area contributed by atoms with E-state index >= 15 is 0 Å². The van der Waals surface area contributed by atoms with Gasteiger partial charge >= 0.3 is 5.97 Å². The number of rotatable bonds is 1. The molecule has 0 amide bonds. The number of H-pyrrole nitrogens is 1. The van der Waals surface area contributed by atoms with E-state index in [0.717, 1.165) is 22.2 Å². The SMILES string of the molecule is NC1CC(C(=O)O)Cc2[nH]c3c(Cl)cccc3c21. The lowest BCUT2D eigenvalue weighted by atomic mass is 9.84. The van der Waals surface area contributed by atoms with Gasteiger partial charge in [-0.15, -0.1) is 0 Å². The van der Waals surface area contributed by atoms with Crippen molar-refractivity contribution in [3.05, 3.63) is 34.5 Å². The molecule has 2 unspecified atom stereocenters. The molecule has 2 aromatic rings. The average Bonchev–Trinajstić information content (AvgIpc) is 2.69. The molecule has 1 heterocycles. The van der Waals surface area contributed by atoms with Crippen molar-refractivity contribution in [2.75, 3.05) is 0 Å². The van der Waals surface area contributed by atoms with Crippen molar-refractivity contribution < 1.29 is 9.90 Å². The van der Waals surface area contributed by atoms with Crippen molar-refractivity contribution >= 4 is 28.5 Å². The lowest BCUT2D eigenvalue weighted by molar-refractivity contribution is -0.142. The van der Waals surface area contributed by atoms with Crippen LogP contribution in [-0.4, -0.2) is 16.1 Å². The van der Waals surface area contributed by atoms with Gasteiger partial charge in [-0.05, 0) is 18.1 Å². The molecule has 0 saturated heterocycles. The number of hydrogen-bond acceptors (Lipinski definition) is 2. The van der Waals surface area contributed by atoms with Crippen LogP contribution in [0.25, 0.3) is 10.9 Å². The Morgan fingerprint density at radius 2 is 2.28 bits per heavy atom. The molecule has 3 rings (SSSR count). The Bertz CT molecular complexity index is 635. The molecule has 94 valence electrons. The molecule has 0 aliphatic heterocycles. The topological polar surface area (TPSA) is 79.1 Å². The maximum Gasteiger partial charge on any atom is 0.306 e. The maximum atomic E-state index is 11.1. The van der Waals surface area contributed by atoms with E-state index < -0.39 is 11.9 Å². The summed E-state index contributed by atoms with van der Waals surface area (Å²) in [6.07, 6.45) is 0.963. The Hall–Kier alpha value is -1.52. The molecular formula is C13H13ClN2O2. The molecule has 5 heteroatoms. The van der Waals surface area contributed by atoms with Crippen LogP contribution < -0.4 is 5.73 Å². The molecule has 18 heavy (non-hydrogen) atoms. The van der Waals surface area contributed by atoms with Crippen LogP contribution in [0.1, 0.15) is 23.7 Å². The minimum Gasteiger partial charge on any atom is -0.481 e. The summed E-state index contributed by atoms with van der Waals surface area (Å²) in [5, 5.41) is 10.8. The van der Waals surface area contributed by atoms with Crippen LogP contribution in [0.5, 0.6) is 0 Å². The predicted octanol–water partition coefficient (Wildman–Crippen LogP) is 2.47. The molecular weight excluding hydrogens is 252 g/mol. The molecule has 4 nitrogen and oxygen atoms in total. The van der Waals surface area contributed by atoms with Crippen LogP contribution in [0.15, 0.2) is 18.2 Å². The Kier molecular flexibility index (Phi) is 2.57. The number of aliphatic carboxylic acids is 1. The summed E-state index contributed by atoms with van der Waals surface area (Å²) in [7, 11) is 0. The highest BCUT2D eigenvalue weighted by molar-refractivity contribution is 6.35. The van der Waals surface area contributed by atoms with Gasteiger partial charge in [-0.1, -0.05) is 23.7 Å². The number of para-hydroxylation sites is 1. The quantitative estimate of drug-likeness (QED) is 0.740. The average molecular weight is 265 g/mol. The summed E-state index contributed by atoms with van der Waals surface area (Å²) in [5.41, 5.74) is 8.89. The molecule has 1 aromatic carbocycles. The Morgan fingerprint density at radius 1 is 1.50 bits per heavy atom. The molecule has 2 atom stereocenters. The molecule has 0 fully saturated rings. The highest BCUT2D eigenvalue weighted by atomic mass is 35.5. The summed E-state index contributed by atoms with van der Waals surface area (Å²) >= 11 is 6.13. The summed E-state index contributed by atoms with van der Waals surface area (Å²) < 4.78 is 0. The number of aromatic nitrogens is 1. The lowest BCUT2D eigenvalue weighted by Crippen LogP contribution is -2.28. The van der Waals surface area contributed by atoms with E-state index in [1.807, 2.05) is 18.2 Å². The number of fused-ring (bicyclic) bond motifs is 3. The van der Waals surface area contributed by atoms with Crippen molar-refractivity contribution in [2.24, 2.45) is 11.7 Å². The number of aromatic amines is 1. The molecule has 1 aliphatic carbocycles. The van der Waals surface area contributed by atoms with Crippen molar-refractivity contribution in [2.45, 2.75) is 18.9 Å². The largest absolute Gasteiger partial charge is 0.481 e. The van der Waals surface area contributed by atoms with E-state index in [1.165, 1.54) is 0 Å². The molecule has 1 aliphatic rings. The van der Waals surface area contributed by atoms with Gasteiger partial charge in [0.25, 0.3) is 0 Å². The zero-order valence-corrected chi connectivity index (χ0v) is 10.4. The van der Waals surface area contributed by atoms with Gasteiger partial charge in [-0.2, -0.15) is 0 Å². The zero-order chi connectivity index (χ0) is 12.9. The Labute approximate surface area is 109 Å². The number of carbonyl (C=O) groups is 1. The van der Waals surface area contributed by atoms with Gasteiger partial charge in [-0.3, -0.25) is 4.79 Å². The summed E-state index contributed by atoms with van der Waals surface area (Å²) in [6, 6.07) is 5.42. The number of halogens is 1. The van der Waals surface area contributed by atoms with Crippen LogP contribution in [0.3, 0.4) is 0 Å². The number of carboxylic acids is 1. The third kappa shape index (κ3) is 1.61. The van der Waals surface area contributed by atoms with Crippen LogP contribution in [0.2, 0.25) is 5.02 Å². The fourth-order valence-electron chi connectivity index (χ4n) is 2.78. The zero-order valence-electron chi connectivity index (χ0n) is 9.61. The van der Waals surface area contributed by atoms with Gasteiger partial charge in [0.05, 0.1) is 16.5 Å². The molecule has 0 bridgehead atoms. The van der Waals surface area contributed by atoms with Crippen LogP contribution in [0.4, 0.5) is 0 Å². The monoisotopic (exact) mass is 264 g/mol. The van der Waals surface area contributed by atoms with Crippen molar-refractivity contribution in [1.82, 2.24) is 4.98 Å². The first kappa shape index (κ1) is 11.6. The second-order valence-electron chi connectivity index (χ2n) is 4.76. The maximum absolute atomic E-state index is 11.1. The number of benzene rings is 1. The molecule has 4 N–H and O–H groups in total. The third-order valence-corrected chi connectivity index (χ3v) is 3.93. The van der Waals surface area contributed by atoms with Gasteiger partial charge in [0.15, 0.2) is 0 Å². The van der Waals surface area contributed by atoms with Gasteiger partial charge in [-0.25, -0.2) is 0 Å². The molecule has 0 radical (unpaired) electrons. The van der Waals surface area contributed by atoms with E-state index in [4.69, 9.17) is 22.4 Å². The highest BCUT2D eigenvalue weighted by Gasteiger charge is 2.32. The van der Waals surface area contributed by atoms with Crippen LogP contribution in [-0.2, 0) is 11.2 Å². The van der Waals surface area contributed by atoms with Crippen molar-refractivity contribution in [3.8, 4) is 0 Å². The Morgan fingerprint density at radius 3 is 3.00 bits per heavy atom. The number of nitrogens with two attached hydrogens (primary N) is 1. The van der Waals surface area contributed by atoms with Crippen molar-refractivity contribution in [3.63, 3.8) is 0 Å². The fourth-order valence-corrected chi connectivity index (χ4v) is 3.00. The number of nitrogens with one attached hydrogen (secondary N) is 1. The van der Waals surface area contributed by atoms with Crippen molar-refractivity contribution in [1.29, 1.82) is 0 Å². The van der Waals surface area contributed by atoms with E-state index in [-0.39, 0.29) is 6.04 Å². The first-order valence-electron chi connectivity index (χ1n) is 5.85. The second kappa shape index (κ2) is 4.00. The smallest absolute Gasteiger partial charge is 0.306 e. The first-order valence-corrected chi connectivity index (χ1v) is 6.23. The normalized spacial score (nSPS) is 23.0.